The zero-order valence-electron chi connectivity index (χ0n) is 12.9. The third-order valence-electron chi connectivity index (χ3n) is 3.52. The monoisotopic (exact) mass is 279 g/mol. The molecule has 1 aromatic rings. The number of aryl methyl sites for hydroxylation is 2. The lowest BCUT2D eigenvalue weighted by molar-refractivity contribution is 0.0689. The number of ether oxygens (including phenoxy) is 1. The number of rotatable bonds is 8. The number of hydrogen-bond acceptors (Lipinski definition) is 3. The Bertz CT molecular complexity index is 457. The second-order valence-electron chi connectivity index (χ2n) is 5.29. The Labute approximate surface area is 121 Å². The highest BCUT2D eigenvalue weighted by atomic mass is 16.5. The lowest BCUT2D eigenvalue weighted by atomic mass is 10.0. The van der Waals surface area contributed by atoms with Gasteiger partial charge in [-0.15, -0.1) is 0 Å². The van der Waals surface area contributed by atoms with E-state index in [9.17, 15) is 9.90 Å². The average Bonchev–Trinajstić information content (AvgIpc) is 2.37. The Morgan fingerprint density at radius 3 is 2.65 bits per heavy atom. The lowest BCUT2D eigenvalue weighted by Crippen LogP contribution is -2.15. The van der Waals surface area contributed by atoms with Crippen LogP contribution < -0.4 is 4.74 Å². The van der Waals surface area contributed by atoms with Crippen molar-refractivity contribution in [3.63, 3.8) is 0 Å². The van der Waals surface area contributed by atoms with E-state index in [0.29, 0.717) is 18.1 Å². The van der Waals surface area contributed by atoms with Gasteiger partial charge in [-0.25, -0.2) is 9.78 Å². The van der Waals surface area contributed by atoms with Crippen LogP contribution in [0.1, 0.15) is 61.1 Å². The molecule has 0 bridgehead atoms. The van der Waals surface area contributed by atoms with Crippen molar-refractivity contribution in [3.05, 3.63) is 22.9 Å². The Morgan fingerprint density at radius 1 is 1.40 bits per heavy atom. The normalized spacial score (nSPS) is 12.2. The molecule has 0 amide bonds. The van der Waals surface area contributed by atoms with Crippen LogP contribution in [0.5, 0.6) is 5.88 Å². The molecule has 4 nitrogen and oxygen atoms in total. The number of aromatic nitrogens is 1. The van der Waals surface area contributed by atoms with Crippen LogP contribution in [0.4, 0.5) is 0 Å². The van der Waals surface area contributed by atoms with Crippen molar-refractivity contribution in [2.24, 2.45) is 5.92 Å². The molecule has 0 saturated carbocycles. The fourth-order valence-electron chi connectivity index (χ4n) is 2.26. The summed E-state index contributed by atoms with van der Waals surface area (Å²) in [5.41, 5.74) is 1.66. The summed E-state index contributed by atoms with van der Waals surface area (Å²) < 4.78 is 5.72. The van der Waals surface area contributed by atoms with Crippen LogP contribution in [0.2, 0.25) is 0 Å². The van der Waals surface area contributed by atoms with Gasteiger partial charge in [0.05, 0.1) is 6.61 Å². The van der Waals surface area contributed by atoms with Crippen molar-refractivity contribution >= 4 is 5.97 Å². The Hall–Kier alpha value is -1.58. The van der Waals surface area contributed by atoms with Crippen LogP contribution in [-0.4, -0.2) is 22.7 Å². The highest BCUT2D eigenvalue weighted by Gasteiger charge is 2.18. The number of carboxylic acids is 1. The molecular formula is C16H25NO3. The van der Waals surface area contributed by atoms with Crippen molar-refractivity contribution < 1.29 is 14.6 Å². The molecule has 112 valence electrons. The van der Waals surface area contributed by atoms with Gasteiger partial charge in [0.15, 0.2) is 0 Å². The summed E-state index contributed by atoms with van der Waals surface area (Å²) in [6.45, 7) is 8.46. The number of unbranched alkanes of at least 4 members (excludes halogenated alkanes) is 1. The SMILES string of the molecule is CCCCC(CC)COc1nc(C)cc(C)c1C(=O)O. The van der Waals surface area contributed by atoms with Crippen LogP contribution in [0, 0.1) is 19.8 Å². The molecule has 4 heteroatoms. The predicted octanol–water partition coefficient (Wildman–Crippen LogP) is 3.99. The first-order valence-electron chi connectivity index (χ1n) is 7.33. The molecule has 1 heterocycles. The van der Waals surface area contributed by atoms with Gasteiger partial charge in [0, 0.05) is 5.69 Å². The molecule has 1 atom stereocenters. The van der Waals surface area contributed by atoms with Crippen molar-refractivity contribution in [1.29, 1.82) is 0 Å². The summed E-state index contributed by atoms with van der Waals surface area (Å²) in [6.07, 6.45) is 4.49. The standard InChI is InChI=1S/C16H25NO3/c1-5-7-8-13(6-2)10-20-15-14(16(18)19)11(3)9-12(4)17-15/h9,13H,5-8,10H2,1-4H3,(H,18,19). The third kappa shape index (κ3) is 4.51. The largest absolute Gasteiger partial charge is 0.477 e. The van der Waals surface area contributed by atoms with E-state index in [1.54, 1.807) is 13.0 Å². The molecule has 1 rings (SSSR count). The maximum Gasteiger partial charge on any atom is 0.341 e. The lowest BCUT2D eigenvalue weighted by Gasteiger charge is -2.17. The van der Waals surface area contributed by atoms with Gasteiger partial charge in [0.1, 0.15) is 5.56 Å². The van der Waals surface area contributed by atoms with E-state index < -0.39 is 5.97 Å². The molecular weight excluding hydrogens is 254 g/mol. The number of hydrogen-bond donors (Lipinski definition) is 1. The maximum absolute atomic E-state index is 11.3. The fraction of sp³-hybridized carbons (Fsp3) is 0.625. The number of pyridine rings is 1. The molecule has 0 spiro atoms. The highest BCUT2D eigenvalue weighted by molar-refractivity contribution is 5.91. The highest BCUT2D eigenvalue weighted by Crippen LogP contribution is 2.22. The van der Waals surface area contributed by atoms with Crippen LogP contribution in [0.15, 0.2) is 6.07 Å². The number of carboxylic acid groups (broad SMARTS) is 1. The van der Waals surface area contributed by atoms with E-state index in [0.717, 1.165) is 18.5 Å². The summed E-state index contributed by atoms with van der Waals surface area (Å²) in [5, 5.41) is 9.28. The van der Waals surface area contributed by atoms with E-state index in [1.165, 1.54) is 12.8 Å². The Balaban J connectivity index is 2.83. The van der Waals surface area contributed by atoms with Gasteiger partial charge in [-0.2, -0.15) is 0 Å². The van der Waals surface area contributed by atoms with E-state index in [2.05, 4.69) is 18.8 Å². The summed E-state index contributed by atoms with van der Waals surface area (Å²) in [7, 11) is 0. The maximum atomic E-state index is 11.3. The van der Waals surface area contributed by atoms with Gasteiger partial charge in [-0.3, -0.25) is 0 Å². The summed E-state index contributed by atoms with van der Waals surface area (Å²) >= 11 is 0. The molecule has 0 radical (unpaired) electrons. The molecule has 0 aliphatic carbocycles. The minimum Gasteiger partial charge on any atom is -0.477 e. The summed E-state index contributed by atoms with van der Waals surface area (Å²) in [4.78, 5) is 15.6. The van der Waals surface area contributed by atoms with Crippen LogP contribution >= 0.6 is 0 Å². The zero-order chi connectivity index (χ0) is 15.1. The number of aromatic carboxylic acids is 1. The zero-order valence-corrected chi connectivity index (χ0v) is 12.9. The van der Waals surface area contributed by atoms with Crippen molar-refractivity contribution in [2.45, 2.75) is 53.4 Å². The van der Waals surface area contributed by atoms with E-state index in [-0.39, 0.29) is 11.4 Å². The minimum absolute atomic E-state index is 0.181. The summed E-state index contributed by atoms with van der Waals surface area (Å²) in [5.74, 6) is -0.268. The molecule has 20 heavy (non-hydrogen) atoms. The molecule has 1 N–H and O–H groups in total. The first-order valence-corrected chi connectivity index (χ1v) is 7.33. The second kappa shape index (κ2) is 7.88. The van der Waals surface area contributed by atoms with E-state index in [1.807, 2.05) is 6.92 Å². The molecule has 0 saturated heterocycles. The second-order valence-corrected chi connectivity index (χ2v) is 5.29. The molecule has 1 aromatic heterocycles. The smallest absolute Gasteiger partial charge is 0.341 e. The topological polar surface area (TPSA) is 59.4 Å². The van der Waals surface area contributed by atoms with Gasteiger partial charge in [0.25, 0.3) is 0 Å². The fourth-order valence-corrected chi connectivity index (χ4v) is 2.26. The first-order chi connectivity index (χ1) is 9.49. The molecule has 0 aliphatic heterocycles. The average molecular weight is 279 g/mol. The molecule has 1 unspecified atom stereocenters. The number of carbonyl (C=O) groups is 1. The third-order valence-corrected chi connectivity index (χ3v) is 3.52. The van der Waals surface area contributed by atoms with Crippen LogP contribution in [0.25, 0.3) is 0 Å². The van der Waals surface area contributed by atoms with Gasteiger partial charge in [0.2, 0.25) is 5.88 Å². The molecule has 0 fully saturated rings. The molecule has 0 aromatic carbocycles. The Morgan fingerprint density at radius 2 is 2.10 bits per heavy atom. The van der Waals surface area contributed by atoms with E-state index in [4.69, 9.17) is 4.74 Å². The van der Waals surface area contributed by atoms with Crippen molar-refractivity contribution in [3.8, 4) is 5.88 Å². The van der Waals surface area contributed by atoms with Gasteiger partial charge in [-0.05, 0) is 37.8 Å². The van der Waals surface area contributed by atoms with E-state index >= 15 is 0 Å². The first kappa shape index (κ1) is 16.5. The number of nitrogens with zero attached hydrogens (tertiary/aromatic N) is 1. The molecule has 0 aliphatic rings. The van der Waals surface area contributed by atoms with Crippen molar-refractivity contribution in [1.82, 2.24) is 4.98 Å². The Kier molecular flexibility index (Phi) is 6.49. The van der Waals surface area contributed by atoms with Gasteiger partial charge < -0.3 is 9.84 Å². The van der Waals surface area contributed by atoms with Crippen LogP contribution in [-0.2, 0) is 0 Å². The van der Waals surface area contributed by atoms with Crippen LogP contribution in [0.3, 0.4) is 0 Å². The summed E-state index contributed by atoms with van der Waals surface area (Å²) in [6, 6.07) is 1.77. The predicted molar refractivity (Wildman–Crippen MR) is 79.5 cm³/mol. The van der Waals surface area contributed by atoms with Gasteiger partial charge >= 0.3 is 5.97 Å². The van der Waals surface area contributed by atoms with Gasteiger partial charge in [-0.1, -0.05) is 33.1 Å². The van der Waals surface area contributed by atoms with Crippen molar-refractivity contribution in [2.75, 3.05) is 6.61 Å². The minimum atomic E-state index is -0.980. The quantitative estimate of drug-likeness (QED) is 0.781.